The summed E-state index contributed by atoms with van der Waals surface area (Å²) in [5.74, 6) is -0.253. The zero-order valence-corrected chi connectivity index (χ0v) is 9.92. The lowest BCUT2D eigenvalue weighted by atomic mass is 10.0. The van der Waals surface area contributed by atoms with Crippen molar-refractivity contribution in [2.45, 2.75) is 0 Å². The van der Waals surface area contributed by atoms with Gasteiger partial charge in [-0.05, 0) is 17.7 Å². The molecule has 0 radical (unpaired) electrons. The van der Waals surface area contributed by atoms with Gasteiger partial charge >= 0.3 is 0 Å². The summed E-state index contributed by atoms with van der Waals surface area (Å²) in [5.41, 5.74) is 1.14. The van der Waals surface area contributed by atoms with Crippen LogP contribution in [-0.2, 0) is 0 Å². The molecule has 0 bridgehead atoms. The highest BCUT2D eigenvalue weighted by Gasteiger charge is 2.13. The number of hydrogen-bond donors (Lipinski definition) is 3. The van der Waals surface area contributed by atoms with Crippen LogP contribution < -0.4 is 5.56 Å². The zero-order valence-electron chi connectivity index (χ0n) is 9.92. The lowest BCUT2D eigenvalue weighted by molar-refractivity contribution is 0.469. The van der Waals surface area contributed by atoms with Crippen LogP contribution in [0, 0.1) is 0 Å². The molecule has 0 spiro atoms. The van der Waals surface area contributed by atoms with E-state index in [9.17, 15) is 15.0 Å². The number of benzene rings is 2. The van der Waals surface area contributed by atoms with Crippen LogP contribution in [0.3, 0.4) is 0 Å². The molecular formula is C15H11NO3. The maximum absolute atomic E-state index is 11.8. The lowest BCUT2D eigenvalue weighted by Crippen LogP contribution is -2.06. The van der Waals surface area contributed by atoms with Crippen molar-refractivity contribution in [1.29, 1.82) is 0 Å². The van der Waals surface area contributed by atoms with Crippen molar-refractivity contribution in [2.24, 2.45) is 0 Å². The van der Waals surface area contributed by atoms with Gasteiger partial charge in [-0.3, -0.25) is 4.79 Å². The number of hydrogen-bond acceptors (Lipinski definition) is 3. The number of aromatic amines is 1. The summed E-state index contributed by atoms with van der Waals surface area (Å²) in [7, 11) is 0. The van der Waals surface area contributed by atoms with Gasteiger partial charge in [0.1, 0.15) is 5.75 Å². The van der Waals surface area contributed by atoms with E-state index in [1.807, 2.05) is 30.3 Å². The van der Waals surface area contributed by atoms with Crippen molar-refractivity contribution in [3.05, 3.63) is 58.9 Å². The predicted molar refractivity (Wildman–Crippen MR) is 73.3 cm³/mol. The van der Waals surface area contributed by atoms with Crippen LogP contribution in [0.25, 0.3) is 22.0 Å². The molecule has 4 nitrogen and oxygen atoms in total. The molecule has 0 atom stereocenters. The van der Waals surface area contributed by atoms with E-state index >= 15 is 0 Å². The molecule has 19 heavy (non-hydrogen) atoms. The molecule has 3 aromatic rings. The summed E-state index contributed by atoms with van der Waals surface area (Å²) in [6.45, 7) is 0. The highest BCUT2D eigenvalue weighted by Crippen LogP contribution is 2.33. The highest BCUT2D eigenvalue weighted by atomic mass is 16.3. The molecule has 0 aliphatic rings. The number of aromatic hydroxyl groups is 2. The molecule has 0 aliphatic heterocycles. The molecule has 0 unspecified atom stereocenters. The Bertz CT molecular complexity index is 807. The van der Waals surface area contributed by atoms with Crippen molar-refractivity contribution < 1.29 is 10.2 Å². The van der Waals surface area contributed by atoms with E-state index in [2.05, 4.69) is 4.98 Å². The van der Waals surface area contributed by atoms with E-state index in [1.165, 1.54) is 12.1 Å². The number of fused-ring (bicyclic) bond motifs is 1. The Balaban J connectivity index is 2.46. The number of phenolic OH excluding ortho intramolecular Hbond substituents is 1. The maximum atomic E-state index is 11.8. The normalized spacial score (nSPS) is 10.7. The standard InChI is InChI=1S/C15H11NO3/c17-10-6-7-11-12(8-10)16-15(19)14(18)13(11)9-4-2-1-3-5-9/h1-8,17-18H,(H,16,19). The molecule has 2 aromatic carbocycles. The summed E-state index contributed by atoms with van der Waals surface area (Å²) in [4.78, 5) is 14.3. The lowest BCUT2D eigenvalue weighted by Gasteiger charge is -2.09. The first-order chi connectivity index (χ1) is 9.16. The van der Waals surface area contributed by atoms with Gasteiger partial charge in [0.15, 0.2) is 5.75 Å². The molecule has 3 rings (SSSR count). The molecule has 94 valence electrons. The molecule has 1 aromatic heterocycles. The largest absolute Gasteiger partial charge is 0.508 e. The minimum Gasteiger partial charge on any atom is -0.508 e. The van der Waals surface area contributed by atoms with E-state index in [-0.39, 0.29) is 11.5 Å². The molecular weight excluding hydrogens is 242 g/mol. The summed E-state index contributed by atoms with van der Waals surface area (Å²) in [6.07, 6.45) is 0. The quantitative estimate of drug-likeness (QED) is 0.624. The molecule has 0 saturated heterocycles. The molecule has 0 fully saturated rings. The fourth-order valence-corrected chi connectivity index (χ4v) is 2.17. The van der Waals surface area contributed by atoms with Gasteiger partial charge in [-0.15, -0.1) is 0 Å². The van der Waals surface area contributed by atoms with Crippen LogP contribution in [0.15, 0.2) is 53.3 Å². The molecule has 0 saturated carbocycles. The summed E-state index contributed by atoms with van der Waals surface area (Å²) in [5, 5.41) is 20.2. The third-order valence-electron chi connectivity index (χ3n) is 3.04. The fraction of sp³-hybridized carbons (Fsp3) is 0. The third kappa shape index (κ3) is 1.83. The molecule has 3 N–H and O–H groups in total. The number of H-pyrrole nitrogens is 1. The third-order valence-corrected chi connectivity index (χ3v) is 3.04. The average Bonchev–Trinajstić information content (AvgIpc) is 2.41. The van der Waals surface area contributed by atoms with Gasteiger partial charge in [0.05, 0.1) is 5.52 Å². The minimum absolute atomic E-state index is 0.0628. The zero-order chi connectivity index (χ0) is 13.4. The second-order valence-corrected chi connectivity index (χ2v) is 4.27. The van der Waals surface area contributed by atoms with Gasteiger partial charge < -0.3 is 15.2 Å². The second-order valence-electron chi connectivity index (χ2n) is 4.27. The second kappa shape index (κ2) is 4.17. The topological polar surface area (TPSA) is 73.3 Å². The first-order valence-electron chi connectivity index (χ1n) is 5.80. The summed E-state index contributed by atoms with van der Waals surface area (Å²) >= 11 is 0. The first kappa shape index (κ1) is 11.3. The number of pyridine rings is 1. The van der Waals surface area contributed by atoms with Crippen molar-refractivity contribution in [2.75, 3.05) is 0 Å². The van der Waals surface area contributed by atoms with E-state index < -0.39 is 5.56 Å². The van der Waals surface area contributed by atoms with Gasteiger partial charge in [-0.25, -0.2) is 0 Å². The first-order valence-corrected chi connectivity index (χ1v) is 5.80. The Morgan fingerprint density at radius 2 is 1.68 bits per heavy atom. The van der Waals surface area contributed by atoms with E-state index in [0.29, 0.717) is 16.5 Å². The van der Waals surface area contributed by atoms with Crippen LogP contribution in [0.1, 0.15) is 0 Å². The van der Waals surface area contributed by atoms with Gasteiger partial charge in [0, 0.05) is 17.0 Å². The van der Waals surface area contributed by atoms with Crippen molar-refractivity contribution in [3.8, 4) is 22.6 Å². The van der Waals surface area contributed by atoms with E-state index in [4.69, 9.17) is 0 Å². The minimum atomic E-state index is -0.572. The van der Waals surface area contributed by atoms with Gasteiger partial charge in [-0.2, -0.15) is 0 Å². The Labute approximate surface area is 108 Å². The number of rotatable bonds is 1. The Kier molecular flexibility index (Phi) is 2.49. The monoisotopic (exact) mass is 253 g/mol. The van der Waals surface area contributed by atoms with Crippen LogP contribution in [0.4, 0.5) is 0 Å². The number of nitrogens with one attached hydrogen (secondary N) is 1. The molecule has 0 amide bonds. The van der Waals surface area contributed by atoms with Crippen LogP contribution >= 0.6 is 0 Å². The fourth-order valence-electron chi connectivity index (χ4n) is 2.17. The van der Waals surface area contributed by atoms with E-state index in [0.717, 1.165) is 5.56 Å². The van der Waals surface area contributed by atoms with Crippen molar-refractivity contribution >= 4 is 10.9 Å². The van der Waals surface area contributed by atoms with Crippen LogP contribution in [0.2, 0.25) is 0 Å². The summed E-state index contributed by atoms with van der Waals surface area (Å²) in [6, 6.07) is 13.8. The maximum Gasteiger partial charge on any atom is 0.291 e. The number of aromatic nitrogens is 1. The van der Waals surface area contributed by atoms with E-state index in [1.54, 1.807) is 6.07 Å². The summed E-state index contributed by atoms with van der Waals surface area (Å²) < 4.78 is 0. The van der Waals surface area contributed by atoms with Gasteiger partial charge in [0.2, 0.25) is 0 Å². The predicted octanol–water partition coefficient (Wildman–Crippen LogP) is 2.61. The Hall–Kier alpha value is -2.75. The van der Waals surface area contributed by atoms with Crippen molar-refractivity contribution in [3.63, 3.8) is 0 Å². The molecule has 1 heterocycles. The van der Waals surface area contributed by atoms with Gasteiger partial charge in [0.25, 0.3) is 5.56 Å². The Morgan fingerprint density at radius 1 is 0.947 bits per heavy atom. The van der Waals surface area contributed by atoms with Gasteiger partial charge in [-0.1, -0.05) is 30.3 Å². The van der Waals surface area contributed by atoms with Crippen molar-refractivity contribution in [1.82, 2.24) is 4.98 Å². The molecule has 4 heteroatoms. The van der Waals surface area contributed by atoms with Crippen LogP contribution in [0.5, 0.6) is 11.5 Å². The SMILES string of the molecule is O=c1[nH]c2cc(O)ccc2c(-c2ccccc2)c1O. The smallest absolute Gasteiger partial charge is 0.291 e. The average molecular weight is 253 g/mol. The highest BCUT2D eigenvalue weighted by molar-refractivity contribution is 5.97. The molecule has 0 aliphatic carbocycles. The number of phenols is 1. The Morgan fingerprint density at radius 3 is 2.42 bits per heavy atom. The van der Waals surface area contributed by atoms with Crippen LogP contribution in [-0.4, -0.2) is 15.2 Å².